The average molecular weight is 260 g/mol. The molecule has 0 aliphatic carbocycles. The number of nitrogens with zero attached hydrogens (tertiary/aromatic N) is 4. The minimum atomic E-state index is 0.215. The van der Waals surface area contributed by atoms with Crippen LogP contribution in [0.3, 0.4) is 0 Å². The summed E-state index contributed by atoms with van der Waals surface area (Å²) in [6.45, 7) is 1.50. The van der Waals surface area contributed by atoms with Gasteiger partial charge in [-0.2, -0.15) is 4.80 Å². The van der Waals surface area contributed by atoms with Gasteiger partial charge in [0.2, 0.25) is 5.82 Å². The van der Waals surface area contributed by atoms with Crippen molar-refractivity contribution in [2.75, 3.05) is 13.7 Å². The van der Waals surface area contributed by atoms with Crippen LogP contribution in [0.2, 0.25) is 0 Å². The molecule has 1 atom stereocenters. The third kappa shape index (κ3) is 2.73. The van der Waals surface area contributed by atoms with E-state index in [0.29, 0.717) is 12.4 Å². The molecule has 6 heteroatoms. The Balaban J connectivity index is 1.76. The molecule has 1 saturated heterocycles. The van der Waals surface area contributed by atoms with Gasteiger partial charge in [0.1, 0.15) is 5.75 Å². The lowest BCUT2D eigenvalue weighted by molar-refractivity contribution is 0.0898. The highest BCUT2D eigenvalue weighted by Crippen LogP contribution is 2.20. The van der Waals surface area contributed by atoms with Crippen LogP contribution in [0.25, 0.3) is 11.4 Å². The van der Waals surface area contributed by atoms with Gasteiger partial charge in [-0.15, -0.1) is 10.2 Å². The first-order valence-electron chi connectivity index (χ1n) is 6.39. The molecule has 0 amide bonds. The van der Waals surface area contributed by atoms with Gasteiger partial charge in [-0.05, 0) is 30.2 Å². The summed E-state index contributed by atoms with van der Waals surface area (Å²) in [5.41, 5.74) is 0.901. The second kappa shape index (κ2) is 5.36. The summed E-state index contributed by atoms with van der Waals surface area (Å²) >= 11 is 0. The van der Waals surface area contributed by atoms with Crippen LogP contribution in [0.15, 0.2) is 24.3 Å². The van der Waals surface area contributed by atoms with Crippen LogP contribution in [0.5, 0.6) is 5.75 Å². The molecule has 2 heterocycles. The first-order valence-corrected chi connectivity index (χ1v) is 6.39. The van der Waals surface area contributed by atoms with E-state index in [0.717, 1.165) is 30.8 Å². The first kappa shape index (κ1) is 12.1. The Kier molecular flexibility index (Phi) is 3.41. The average Bonchev–Trinajstić information content (AvgIpc) is 3.11. The van der Waals surface area contributed by atoms with E-state index < -0.39 is 0 Å². The number of ether oxygens (including phenoxy) is 2. The maximum atomic E-state index is 5.56. The van der Waals surface area contributed by atoms with E-state index in [1.54, 1.807) is 11.9 Å². The molecule has 1 aromatic carbocycles. The molecular weight excluding hydrogens is 244 g/mol. The van der Waals surface area contributed by atoms with Crippen molar-refractivity contribution < 1.29 is 9.47 Å². The highest BCUT2D eigenvalue weighted by Gasteiger charge is 2.17. The molecule has 100 valence electrons. The van der Waals surface area contributed by atoms with Gasteiger partial charge >= 0.3 is 0 Å². The van der Waals surface area contributed by atoms with E-state index in [-0.39, 0.29) is 6.10 Å². The summed E-state index contributed by atoms with van der Waals surface area (Å²) in [7, 11) is 1.64. The SMILES string of the molecule is COc1cccc(-c2nnn(CC3CCCO3)n2)c1. The van der Waals surface area contributed by atoms with Crippen LogP contribution in [-0.2, 0) is 11.3 Å². The lowest BCUT2D eigenvalue weighted by Crippen LogP contribution is -2.17. The topological polar surface area (TPSA) is 62.1 Å². The summed E-state index contributed by atoms with van der Waals surface area (Å²) < 4.78 is 10.7. The predicted octanol–water partition coefficient (Wildman–Crippen LogP) is 1.53. The van der Waals surface area contributed by atoms with Crippen LogP contribution >= 0.6 is 0 Å². The van der Waals surface area contributed by atoms with Crippen molar-refractivity contribution in [2.45, 2.75) is 25.5 Å². The third-order valence-electron chi connectivity index (χ3n) is 3.17. The largest absolute Gasteiger partial charge is 0.497 e. The van der Waals surface area contributed by atoms with Gasteiger partial charge < -0.3 is 9.47 Å². The zero-order chi connectivity index (χ0) is 13.1. The molecule has 0 spiro atoms. The number of rotatable bonds is 4. The van der Waals surface area contributed by atoms with Crippen molar-refractivity contribution in [1.29, 1.82) is 0 Å². The van der Waals surface area contributed by atoms with Crippen LogP contribution in [0, 0.1) is 0 Å². The van der Waals surface area contributed by atoms with Crippen molar-refractivity contribution in [3.8, 4) is 17.1 Å². The Morgan fingerprint density at radius 3 is 3.21 bits per heavy atom. The molecule has 3 rings (SSSR count). The van der Waals surface area contributed by atoms with Gasteiger partial charge in [-0.25, -0.2) is 0 Å². The highest BCUT2D eigenvalue weighted by atomic mass is 16.5. The predicted molar refractivity (Wildman–Crippen MR) is 68.8 cm³/mol. The van der Waals surface area contributed by atoms with Crippen LogP contribution in [0.1, 0.15) is 12.8 Å². The summed E-state index contributed by atoms with van der Waals surface area (Å²) in [5.74, 6) is 1.39. The van der Waals surface area contributed by atoms with Crippen molar-refractivity contribution in [3.63, 3.8) is 0 Å². The Labute approximate surface area is 111 Å². The molecule has 1 aliphatic rings. The number of benzene rings is 1. The van der Waals surface area contributed by atoms with E-state index in [2.05, 4.69) is 15.4 Å². The smallest absolute Gasteiger partial charge is 0.205 e. The molecule has 1 unspecified atom stereocenters. The molecule has 0 radical (unpaired) electrons. The quantitative estimate of drug-likeness (QED) is 0.834. The van der Waals surface area contributed by atoms with Gasteiger partial charge in [0.05, 0.1) is 19.8 Å². The van der Waals surface area contributed by atoms with Crippen LogP contribution in [0.4, 0.5) is 0 Å². The Hall–Kier alpha value is -1.95. The molecule has 19 heavy (non-hydrogen) atoms. The third-order valence-corrected chi connectivity index (χ3v) is 3.17. The monoisotopic (exact) mass is 260 g/mol. The van der Waals surface area contributed by atoms with Crippen molar-refractivity contribution in [1.82, 2.24) is 20.2 Å². The first-order chi connectivity index (χ1) is 9.35. The van der Waals surface area contributed by atoms with Gasteiger partial charge in [-0.1, -0.05) is 12.1 Å². The second-order valence-corrected chi connectivity index (χ2v) is 4.53. The van der Waals surface area contributed by atoms with Crippen LogP contribution in [-0.4, -0.2) is 40.0 Å². The molecule has 0 saturated carbocycles. The fourth-order valence-corrected chi connectivity index (χ4v) is 2.17. The molecule has 1 fully saturated rings. The van der Waals surface area contributed by atoms with E-state index in [1.807, 2.05) is 24.3 Å². The molecular formula is C13H16N4O2. The number of tetrazole rings is 1. The number of methoxy groups -OCH3 is 1. The normalized spacial score (nSPS) is 18.7. The maximum Gasteiger partial charge on any atom is 0.205 e. The Morgan fingerprint density at radius 1 is 1.47 bits per heavy atom. The number of hydrogen-bond acceptors (Lipinski definition) is 5. The number of aromatic nitrogens is 4. The zero-order valence-corrected chi connectivity index (χ0v) is 10.8. The Bertz CT molecular complexity index is 549. The molecule has 6 nitrogen and oxygen atoms in total. The zero-order valence-electron chi connectivity index (χ0n) is 10.8. The van der Waals surface area contributed by atoms with E-state index in [4.69, 9.17) is 9.47 Å². The fraction of sp³-hybridized carbons (Fsp3) is 0.462. The highest BCUT2D eigenvalue weighted by molar-refractivity contribution is 5.56. The van der Waals surface area contributed by atoms with E-state index in [1.165, 1.54) is 0 Å². The van der Waals surface area contributed by atoms with Crippen molar-refractivity contribution >= 4 is 0 Å². The molecule has 1 aromatic heterocycles. The molecule has 0 bridgehead atoms. The van der Waals surface area contributed by atoms with Gasteiger partial charge in [-0.3, -0.25) is 0 Å². The second-order valence-electron chi connectivity index (χ2n) is 4.53. The maximum absolute atomic E-state index is 5.56. The van der Waals surface area contributed by atoms with Crippen molar-refractivity contribution in [3.05, 3.63) is 24.3 Å². The minimum absolute atomic E-state index is 0.215. The lowest BCUT2D eigenvalue weighted by atomic mass is 10.2. The summed E-state index contributed by atoms with van der Waals surface area (Å²) in [5, 5.41) is 12.5. The van der Waals surface area contributed by atoms with Crippen molar-refractivity contribution in [2.24, 2.45) is 0 Å². The fourth-order valence-electron chi connectivity index (χ4n) is 2.17. The molecule has 2 aromatic rings. The minimum Gasteiger partial charge on any atom is -0.497 e. The van der Waals surface area contributed by atoms with E-state index in [9.17, 15) is 0 Å². The summed E-state index contributed by atoms with van der Waals surface area (Å²) in [4.78, 5) is 1.60. The lowest BCUT2D eigenvalue weighted by Gasteiger charge is -2.06. The van der Waals surface area contributed by atoms with Gasteiger partial charge in [0.15, 0.2) is 0 Å². The summed E-state index contributed by atoms with van der Waals surface area (Å²) in [6, 6.07) is 7.64. The molecule has 1 aliphatic heterocycles. The van der Waals surface area contributed by atoms with Gasteiger partial charge in [0.25, 0.3) is 0 Å². The summed E-state index contributed by atoms with van der Waals surface area (Å²) in [6.07, 6.45) is 2.39. The molecule has 0 N–H and O–H groups in total. The number of hydrogen-bond donors (Lipinski definition) is 0. The standard InChI is InChI=1S/C13H16N4O2/c1-18-11-5-2-4-10(8-11)13-14-16-17(15-13)9-12-6-3-7-19-12/h2,4-5,8,12H,3,6-7,9H2,1H3. The van der Waals surface area contributed by atoms with Crippen LogP contribution < -0.4 is 4.74 Å². The van der Waals surface area contributed by atoms with Gasteiger partial charge in [0, 0.05) is 12.2 Å². The van der Waals surface area contributed by atoms with E-state index >= 15 is 0 Å². The Morgan fingerprint density at radius 2 is 2.42 bits per heavy atom.